The van der Waals surface area contributed by atoms with Crippen LogP contribution in [0.4, 0.5) is 0 Å². The summed E-state index contributed by atoms with van der Waals surface area (Å²) in [4.78, 5) is 46.0. The number of amides is 2. The Morgan fingerprint density at radius 3 is 2.75 bits per heavy atom. The number of carbonyl (C=O) groups excluding carboxylic acids is 2. The van der Waals surface area contributed by atoms with Crippen LogP contribution in [0.25, 0.3) is 20.7 Å². The van der Waals surface area contributed by atoms with Crippen LogP contribution in [0, 0.1) is 5.92 Å². The van der Waals surface area contributed by atoms with Crippen LogP contribution in [0.2, 0.25) is 0 Å². The topological polar surface area (TPSA) is 98.3 Å². The number of nitrogens with two attached hydrogens (primary N) is 1. The molecule has 0 spiro atoms. The van der Waals surface area contributed by atoms with Gasteiger partial charge in [0.25, 0.3) is 5.56 Å². The van der Waals surface area contributed by atoms with Crippen molar-refractivity contribution < 1.29 is 9.59 Å². The molecule has 4 rings (SSSR count). The third-order valence-corrected chi connectivity index (χ3v) is 8.45. The highest BCUT2D eigenvalue weighted by Crippen LogP contribution is 2.35. The lowest BCUT2D eigenvalue weighted by molar-refractivity contribution is -0.134. The zero-order chi connectivity index (χ0) is 22.8. The molecule has 1 unspecified atom stereocenters. The van der Waals surface area contributed by atoms with Crippen molar-refractivity contribution in [1.29, 1.82) is 0 Å². The van der Waals surface area contributed by atoms with Gasteiger partial charge in [0.15, 0.2) is 5.16 Å². The Hall–Kier alpha value is -2.43. The first-order chi connectivity index (χ1) is 15.4. The number of thiophene rings is 2. The number of allylic oxidation sites excluding steroid dienone is 1. The van der Waals surface area contributed by atoms with Crippen LogP contribution >= 0.6 is 34.4 Å². The summed E-state index contributed by atoms with van der Waals surface area (Å²) in [6, 6.07) is 3.96. The van der Waals surface area contributed by atoms with Crippen molar-refractivity contribution in [3.8, 4) is 10.4 Å². The molecule has 4 heterocycles. The molecule has 0 bridgehead atoms. The molecular formula is C22H24N4O3S3. The highest BCUT2D eigenvalue weighted by molar-refractivity contribution is 8.00. The van der Waals surface area contributed by atoms with E-state index in [4.69, 9.17) is 10.7 Å². The second-order valence-corrected chi connectivity index (χ2v) is 10.8. The number of piperidine rings is 1. The van der Waals surface area contributed by atoms with Gasteiger partial charge in [0, 0.05) is 41.4 Å². The maximum atomic E-state index is 13.4. The van der Waals surface area contributed by atoms with Gasteiger partial charge in [-0.05, 0) is 31.2 Å². The van der Waals surface area contributed by atoms with Gasteiger partial charge in [-0.3, -0.25) is 19.0 Å². The standard InChI is InChI=1S/C22H24N4O3S3/c1-3-8-26-21(29)17-15(16-5-4-11-30-16)12-31-19(17)24-22(26)32-13(2)20(28)25-9-6-14(7-10-25)18(23)27/h3-5,11-14H,1,6-10H2,2H3,(H2,23,27). The van der Waals surface area contributed by atoms with Gasteiger partial charge in [-0.15, -0.1) is 29.3 Å². The van der Waals surface area contributed by atoms with E-state index in [0.717, 1.165) is 10.4 Å². The fraction of sp³-hybridized carbons (Fsp3) is 0.364. The summed E-state index contributed by atoms with van der Waals surface area (Å²) in [6.45, 7) is 6.95. The summed E-state index contributed by atoms with van der Waals surface area (Å²) in [5, 5.41) is 4.65. The van der Waals surface area contributed by atoms with Gasteiger partial charge in [-0.1, -0.05) is 23.9 Å². The average molecular weight is 489 g/mol. The molecule has 1 aliphatic rings. The van der Waals surface area contributed by atoms with E-state index in [1.165, 1.54) is 23.1 Å². The second-order valence-electron chi connectivity index (χ2n) is 7.67. The van der Waals surface area contributed by atoms with Crippen LogP contribution < -0.4 is 11.3 Å². The number of nitrogens with zero attached hydrogens (tertiary/aromatic N) is 3. The first-order valence-electron chi connectivity index (χ1n) is 10.3. The fourth-order valence-corrected chi connectivity index (χ4v) is 6.65. The summed E-state index contributed by atoms with van der Waals surface area (Å²) >= 11 is 4.31. The Kier molecular flexibility index (Phi) is 6.82. The largest absolute Gasteiger partial charge is 0.369 e. The minimum absolute atomic E-state index is 0.0251. The van der Waals surface area contributed by atoms with Crippen LogP contribution in [-0.2, 0) is 16.1 Å². The zero-order valence-electron chi connectivity index (χ0n) is 17.7. The van der Waals surface area contributed by atoms with Gasteiger partial charge in [0.2, 0.25) is 11.8 Å². The minimum Gasteiger partial charge on any atom is -0.369 e. The molecule has 2 N–H and O–H groups in total. The highest BCUT2D eigenvalue weighted by Gasteiger charge is 2.29. The predicted molar refractivity (Wildman–Crippen MR) is 131 cm³/mol. The Balaban J connectivity index is 1.60. The predicted octanol–water partition coefficient (Wildman–Crippen LogP) is 3.58. The van der Waals surface area contributed by atoms with E-state index in [0.29, 0.717) is 47.8 Å². The van der Waals surface area contributed by atoms with Gasteiger partial charge in [0.05, 0.1) is 10.6 Å². The van der Waals surface area contributed by atoms with Crippen LogP contribution in [0.3, 0.4) is 0 Å². The van der Waals surface area contributed by atoms with E-state index in [1.807, 2.05) is 29.8 Å². The van der Waals surface area contributed by atoms with Crippen molar-refractivity contribution in [2.45, 2.75) is 36.7 Å². The van der Waals surface area contributed by atoms with Gasteiger partial charge in [-0.2, -0.15) is 0 Å². The van der Waals surface area contributed by atoms with Gasteiger partial charge in [0.1, 0.15) is 4.83 Å². The lowest BCUT2D eigenvalue weighted by Gasteiger charge is -2.32. The number of thioether (sulfide) groups is 1. The number of primary amides is 1. The van der Waals surface area contributed by atoms with Crippen molar-refractivity contribution in [3.63, 3.8) is 0 Å². The summed E-state index contributed by atoms with van der Waals surface area (Å²) in [7, 11) is 0. The molecule has 1 saturated heterocycles. The molecule has 1 atom stereocenters. The lowest BCUT2D eigenvalue weighted by atomic mass is 9.96. The van der Waals surface area contributed by atoms with E-state index in [9.17, 15) is 14.4 Å². The summed E-state index contributed by atoms with van der Waals surface area (Å²) in [5.41, 5.74) is 6.17. The summed E-state index contributed by atoms with van der Waals surface area (Å²) < 4.78 is 1.59. The molecular weight excluding hydrogens is 464 g/mol. The zero-order valence-corrected chi connectivity index (χ0v) is 20.1. The van der Waals surface area contributed by atoms with Crippen molar-refractivity contribution in [2.75, 3.05) is 13.1 Å². The number of carbonyl (C=O) groups is 2. The molecule has 32 heavy (non-hydrogen) atoms. The molecule has 2 amide bonds. The first-order valence-corrected chi connectivity index (χ1v) is 13.0. The number of hydrogen-bond donors (Lipinski definition) is 1. The number of fused-ring (bicyclic) bond motifs is 1. The maximum absolute atomic E-state index is 13.4. The van der Waals surface area contributed by atoms with Crippen molar-refractivity contribution in [1.82, 2.24) is 14.5 Å². The van der Waals surface area contributed by atoms with Crippen LogP contribution in [0.5, 0.6) is 0 Å². The highest BCUT2D eigenvalue weighted by atomic mass is 32.2. The van der Waals surface area contributed by atoms with E-state index < -0.39 is 5.25 Å². The molecule has 0 aliphatic carbocycles. The van der Waals surface area contributed by atoms with Crippen molar-refractivity contribution in [3.05, 3.63) is 45.9 Å². The number of hydrogen-bond acceptors (Lipinski definition) is 7. The normalized spacial score (nSPS) is 15.7. The van der Waals surface area contributed by atoms with Gasteiger partial charge in [-0.25, -0.2) is 4.98 Å². The molecule has 1 fully saturated rings. The van der Waals surface area contributed by atoms with E-state index in [2.05, 4.69) is 6.58 Å². The Morgan fingerprint density at radius 1 is 1.38 bits per heavy atom. The quantitative estimate of drug-likeness (QED) is 0.311. The molecule has 0 aromatic carbocycles. The molecule has 168 valence electrons. The van der Waals surface area contributed by atoms with Gasteiger partial charge < -0.3 is 10.6 Å². The van der Waals surface area contributed by atoms with E-state index >= 15 is 0 Å². The smallest absolute Gasteiger partial charge is 0.263 e. The van der Waals surface area contributed by atoms with E-state index in [-0.39, 0.29) is 23.3 Å². The SMILES string of the molecule is C=CCn1c(SC(C)C(=O)N2CCC(C(N)=O)CC2)nc2scc(-c3cccs3)c2c1=O. The number of likely N-dealkylation sites (tertiary alicyclic amines) is 1. The Labute approximate surface area is 197 Å². The fourth-order valence-electron chi connectivity index (χ4n) is 3.85. The molecule has 7 nitrogen and oxygen atoms in total. The molecule has 3 aromatic rings. The summed E-state index contributed by atoms with van der Waals surface area (Å²) in [6.07, 6.45) is 2.84. The number of rotatable bonds is 7. The third kappa shape index (κ3) is 4.39. The molecule has 1 aliphatic heterocycles. The Morgan fingerprint density at radius 2 is 2.12 bits per heavy atom. The minimum atomic E-state index is -0.419. The third-order valence-electron chi connectivity index (χ3n) is 5.60. The maximum Gasteiger partial charge on any atom is 0.263 e. The lowest BCUT2D eigenvalue weighted by Crippen LogP contribution is -2.44. The van der Waals surface area contributed by atoms with Gasteiger partial charge >= 0.3 is 0 Å². The van der Waals surface area contributed by atoms with Crippen LogP contribution in [0.15, 0.2) is 45.5 Å². The van der Waals surface area contributed by atoms with Crippen LogP contribution in [-0.4, -0.2) is 44.6 Å². The number of aromatic nitrogens is 2. The molecule has 0 saturated carbocycles. The van der Waals surface area contributed by atoms with E-state index in [1.54, 1.807) is 26.9 Å². The average Bonchev–Trinajstić information content (AvgIpc) is 3.45. The molecule has 3 aromatic heterocycles. The van der Waals surface area contributed by atoms with Crippen molar-refractivity contribution >= 4 is 56.5 Å². The first kappa shape index (κ1) is 22.8. The van der Waals surface area contributed by atoms with Crippen molar-refractivity contribution in [2.24, 2.45) is 11.7 Å². The Bertz CT molecular complexity index is 1210. The van der Waals surface area contributed by atoms with Crippen LogP contribution in [0.1, 0.15) is 19.8 Å². The molecule has 10 heteroatoms. The second kappa shape index (κ2) is 9.60. The monoisotopic (exact) mass is 488 g/mol. The molecule has 0 radical (unpaired) electrons. The summed E-state index contributed by atoms with van der Waals surface area (Å²) in [5.74, 6) is -0.494.